The van der Waals surface area contributed by atoms with Gasteiger partial charge >= 0.3 is 0 Å². The average Bonchev–Trinajstić information content (AvgIpc) is 2.80. The number of nitrogens with zero attached hydrogens (tertiary/aromatic N) is 3. The van der Waals surface area contributed by atoms with E-state index in [0.717, 1.165) is 4.47 Å². The second-order valence-corrected chi connectivity index (χ2v) is 5.31. The van der Waals surface area contributed by atoms with Crippen LogP contribution in [0.15, 0.2) is 51.9 Å². The maximum Gasteiger partial charge on any atom is 0.264 e. The van der Waals surface area contributed by atoms with Crippen molar-refractivity contribution < 1.29 is 4.74 Å². The molecule has 0 amide bonds. The van der Waals surface area contributed by atoms with Crippen LogP contribution in [0.5, 0.6) is 11.6 Å². The largest absolute Gasteiger partial charge is 0.436 e. The lowest BCUT2D eigenvalue weighted by atomic mass is 10.3. The van der Waals surface area contributed by atoms with Crippen LogP contribution in [0.4, 0.5) is 0 Å². The summed E-state index contributed by atoms with van der Waals surface area (Å²) >= 11 is 6.73. The van der Waals surface area contributed by atoms with Gasteiger partial charge in [0.2, 0.25) is 5.65 Å². The van der Waals surface area contributed by atoms with Crippen LogP contribution in [0, 0.1) is 0 Å². The van der Waals surface area contributed by atoms with Gasteiger partial charge in [0.25, 0.3) is 5.88 Å². The molecular formula is C12H7Br2N3O. The van der Waals surface area contributed by atoms with Crippen LogP contribution in [0.3, 0.4) is 0 Å². The zero-order valence-corrected chi connectivity index (χ0v) is 12.2. The van der Waals surface area contributed by atoms with E-state index in [1.165, 1.54) is 0 Å². The minimum absolute atomic E-state index is 0.469. The molecule has 0 aliphatic carbocycles. The Kier molecular flexibility index (Phi) is 3.05. The smallest absolute Gasteiger partial charge is 0.264 e. The first kappa shape index (κ1) is 11.7. The molecule has 3 aromatic rings. The molecule has 0 fully saturated rings. The van der Waals surface area contributed by atoms with Gasteiger partial charge in [0.1, 0.15) is 10.4 Å². The van der Waals surface area contributed by atoms with E-state index >= 15 is 0 Å². The fourth-order valence-corrected chi connectivity index (χ4v) is 2.20. The molecule has 0 aliphatic heterocycles. The summed E-state index contributed by atoms with van der Waals surface area (Å²) in [6.07, 6.45) is 5.38. The van der Waals surface area contributed by atoms with Crippen LogP contribution in [0.2, 0.25) is 0 Å². The molecule has 0 spiro atoms. The highest BCUT2D eigenvalue weighted by Gasteiger charge is 2.08. The summed E-state index contributed by atoms with van der Waals surface area (Å²) in [4.78, 5) is 8.51. The number of benzene rings is 1. The van der Waals surface area contributed by atoms with Gasteiger partial charge in [0.05, 0.1) is 0 Å². The first-order chi connectivity index (χ1) is 8.72. The zero-order chi connectivity index (χ0) is 12.5. The maximum absolute atomic E-state index is 5.74. The lowest BCUT2D eigenvalue weighted by Crippen LogP contribution is -1.94. The molecule has 0 unspecified atom stereocenters. The predicted octanol–water partition coefficient (Wildman–Crippen LogP) is 4.05. The Morgan fingerprint density at radius 1 is 1.11 bits per heavy atom. The molecule has 4 nitrogen and oxygen atoms in total. The Hall–Kier alpha value is -1.40. The van der Waals surface area contributed by atoms with E-state index in [1.807, 2.05) is 41.1 Å². The molecule has 3 rings (SSSR count). The van der Waals surface area contributed by atoms with Crippen molar-refractivity contribution in [3.63, 3.8) is 0 Å². The number of ether oxygens (including phenoxy) is 1. The fraction of sp³-hybridized carbons (Fsp3) is 0. The highest BCUT2D eigenvalue weighted by Crippen LogP contribution is 2.26. The van der Waals surface area contributed by atoms with Crippen molar-refractivity contribution in [3.05, 3.63) is 51.9 Å². The van der Waals surface area contributed by atoms with E-state index in [-0.39, 0.29) is 0 Å². The maximum atomic E-state index is 5.74. The van der Waals surface area contributed by atoms with E-state index in [4.69, 9.17) is 4.74 Å². The van der Waals surface area contributed by atoms with Crippen LogP contribution in [0.1, 0.15) is 0 Å². The van der Waals surface area contributed by atoms with E-state index in [1.54, 1.807) is 6.20 Å². The normalized spacial score (nSPS) is 10.8. The molecule has 0 radical (unpaired) electrons. The number of hydrogen-bond donors (Lipinski definition) is 0. The summed E-state index contributed by atoms with van der Waals surface area (Å²) in [5, 5.41) is 0. The molecule has 0 N–H and O–H groups in total. The quantitative estimate of drug-likeness (QED) is 0.685. The second kappa shape index (κ2) is 4.70. The predicted molar refractivity (Wildman–Crippen MR) is 74.9 cm³/mol. The van der Waals surface area contributed by atoms with Crippen molar-refractivity contribution in [2.75, 3.05) is 0 Å². The molecular weight excluding hydrogens is 362 g/mol. The Labute approximate surface area is 120 Å². The summed E-state index contributed by atoms with van der Waals surface area (Å²) in [5.74, 6) is 1.19. The van der Waals surface area contributed by atoms with Crippen molar-refractivity contribution in [2.24, 2.45) is 0 Å². The Balaban J connectivity index is 2.03. The van der Waals surface area contributed by atoms with Gasteiger partial charge in [-0.2, -0.15) is 0 Å². The lowest BCUT2D eigenvalue weighted by molar-refractivity contribution is 0.463. The average molecular weight is 369 g/mol. The standard InChI is InChI=1S/C12H7Br2N3O/c13-8-1-3-9(4-2-8)18-12-11-15-5-6-17(11)7-10(14)16-12/h1-7H. The highest BCUT2D eigenvalue weighted by atomic mass is 79.9. The SMILES string of the molecule is Brc1ccc(Oc2nc(Br)cn3ccnc23)cc1. The van der Waals surface area contributed by atoms with Gasteiger partial charge in [-0.05, 0) is 40.2 Å². The molecule has 0 saturated heterocycles. The Morgan fingerprint density at radius 3 is 2.67 bits per heavy atom. The monoisotopic (exact) mass is 367 g/mol. The molecule has 0 atom stereocenters. The third kappa shape index (κ3) is 2.26. The van der Waals surface area contributed by atoms with Gasteiger partial charge in [-0.25, -0.2) is 9.97 Å². The van der Waals surface area contributed by atoms with Crippen molar-refractivity contribution in [1.29, 1.82) is 0 Å². The Morgan fingerprint density at radius 2 is 1.89 bits per heavy atom. The van der Waals surface area contributed by atoms with Gasteiger partial charge in [-0.3, -0.25) is 4.40 Å². The summed E-state index contributed by atoms with van der Waals surface area (Å²) in [5.41, 5.74) is 0.682. The lowest BCUT2D eigenvalue weighted by Gasteiger charge is -2.06. The van der Waals surface area contributed by atoms with E-state index in [2.05, 4.69) is 41.8 Å². The molecule has 18 heavy (non-hydrogen) atoms. The molecule has 2 aromatic heterocycles. The van der Waals surface area contributed by atoms with Crippen molar-refractivity contribution in [2.45, 2.75) is 0 Å². The van der Waals surface area contributed by atoms with Gasteiger partial charge in [0, 0.05) is 23.1 Å². The van der Waals surface area contributed by atoms with Crippen LogP contribution in [-0.2, 0) is 0 Å². The first-order valence-corrected chi connectivity index (χ1v) is 6.73. The molecule has 0 bridgehead atoms. The summed E-state index contributed by atoms with van der Waals surface area (Å²) in [7, 11) is 0. The van der Waals surface area contributed by atoms with Gasteiger partial charge in [0.15, 0.2) is 0 Å². The molecule has 6 heteroatoms. The number of hydrogen-bond acceptors (Lipinski definition) is 3. The van der Waals surface area contributed by atoms with Gasteiger partial charge in [-0.15, -0.1) is 0 Å². The molecule has 90 valence electrons. The van der Waals surface area contributed by atoms with E-state index in [9.17, 15) is 0 Å². The number of fused-ring (bicyclic) bond motifs is 1. The van der Waals surface area contributed by atoms with Gasteiger partial charge in [-0.1, -0.05) is 15.9 Å². The minimum atomic E-state index is 0.469. The third-order valence-electron chi connectivity index (χ3n) is 2.34. The number of imidazole rings is 1. The van der Waals surface area contributed by atoms with E-state index < -0.39 is 0 Å². The third-order valence-corrected chi connectivity index (χ3v) is 3.25. The van der Waals surface area contributed by atoms with Crippen LogP contribution >= 0.6 is 31.9 Å². The number of aromatic nitrogens is 3. The summed E-state index contributed by atoms with van der Waals surface area (Å²) in [6.45, 7) is 0. The number of halogens is 2. The summed E-state index contributed by atoms with van der Waals surface area (Å²) < 4.78 is 9.29. The van der Waals surface area contributed by atoms with Gasteiger partial charge < -0.3 is 4.74 Å². The molecule has 1 aromatic carbocycles. The van der Waals surface area contributed by atoms with E-state index in [0.29, 0.717) is 21.9 Å². The molecule has 0 saturated carbocycles. The minimum Gasteiger partial charge on any atom is -0.436 e. The summed E-state index contributed by atoms with van der Waals surface area (Å²) in [6, 6.07) is 7.56. The number of rotatable bonds is 2. The second-order valence-electron chi connectivity index (χ2n) is 3.58. The first-order valence-electron chi connectivity index (χ1n) is 5.15. The van der Waals surface area contributed by atoms with Crippen LogP contribution in [0.25, 0.3) is 5.65 Å². The topological polar surface area (TPSA) is 39.4 Å². The highest BCUT2D eigenvalue weighted by molar-refractivity contribution is 9.10. The van der Waals surface area contributed by atoms with Crippen LogP contribution in [-0.4, -0.2) is 14.4 Å². The zero-order valence-electron chi connectivity index (χ0n) is 9.05. The van der Waals surface area contributed by atoms with Crippen molar-refractivity contribution >= 4 is 37.5 Å². The van der Waals surface area contributed by atoms with Crippen molar-refractivity contribution in [1.82, 2.24) is 14.4 Å². The molecule has 0 aliphatic rings. The fourth-order valence-electron chi connectivity index (χ4n) is 1.56. The molecule has 2 heterocycles. The Bertz CT molecular complexity index is 694. The van der Waals surface area contributed by atoms with Crippen molar-refractivity contribution in [3.8, 4) is 11.6 Å². The van der Waals surface area contributed by atoms with Crippen LogP contribution < -0.4 is 4.74 Å².